The zero-order valence-corrected chi connectivity index (χ0v) is 15.3. The van der Waals surface area contributed by atoms with E-state index >= 15 is 0 Å². The lowest BCUT2D eigenvalue weighted by molar-refractivity contribution is -0.129. The number of carbonyl (C=O) groups is 2. The molecule has 0 bridgehead atoms. The molecule has 0 unspecified atom stereocenters. The van der Waals surface area contributed by atoms with Gasteiger partial charge in [0.15, 0.2) is 0 Å². The summed E-state index contributed by atoms with van der Waals surface area (Å²) in [5.74, 6) is -2.51. The number of sulfonamides is 1. The fourth-order valence-electron chi connectivity index (χ4n) is 2.67. The summed E-state index contributed by atoms with van der Waals surface area (Å²) in [4.78, 5) is 25.0. The first-order chi connectivity index (χ1) is 12.2. The van der Waals surface area contributed by atoms with E-state index in [1.54, 1.807) is 4.90 Å². The molecule has 0 aliphatic carbocycles. The average molecular weight is 398 g/mol. The Morgan fingerprint density at radius 3 is 2.69 bits per heavy atom. The summed E-state index contributed by atoms with van der Waals surface area (Å²) < 4.78 is 40.9. The molecular weight excluding hydrogens is 383 g/mol. The van der Waals surface area contributed by atoms with Gasteiger partial charge in [-0.2, -0.15) is 0 Å². The van der Waals surface area contributed by atoms with Crippen molar-refractivity contribution in [3.8, 4) is 0 Å². The Hall–Kier alpha value is -2.46. The first kappa shape index (κ1) is 18.3. The predicted molar refractivity (Wildman–Crippen MR) is 93.3 cm³/mol. The summed E-state index contributed by atoms with van der Waals surface area (Å²) in [7, 11) is -3.95. The number of nitrogens with zero attached hydrogens (tertiary/aromatic N) is 1. The molecule has 0 saturated heterocycles. The number of nitrogens with one attached hydrogen (secondary N) is 1. The van der Waals surface area contributed by atoms with Gasteiger partial charge in [-0.3, -0.25) is 9.52 Å². The molecule has 2 heterocycles. The van der Waals surface area contributed by atoms with E-state index in [1.807, 2.05) is 0 Å². The molecule has 0 radical (unpaired) electrons. The largest absolute Gasteiger partial charge is 0.478 e. The Bertz CT molecular complexity index is 1000. The van der Waals surface area contributed by atoms with E-state index < -0.39 is 27.4 Å². The van der Waals surface area contributed by atoms with Gasteiger partial charge in [0.1, 0.15) is 10.0 Å². The van der Waals surface area contributed by atoms with E-state index in [1.165, 1.54) is 13.0 Å². The topological polar surface area (TPSA) is 104 Å². The lowest BCUT2D eigenvalue weighted by Crippen LogP contribution is -2.33. The van der Waals surface area contributed by atoms with Gasteiger partial charge < -0.3 is 10.0 Å². The third-order valence-electron chi connectivity index (χ3n) is 4.00. The standard InChI is InChI=1S/C16H15FN2O5S2/c1-9(20)19-5-4-14-10(8-19)6-15(25-14)26(23,24)18-11-2-3-13(17)12(7-11)16(21)22/h2-3,6-7,18H,4-5,8H2,1H3,(H,21,22). The summed E-state index contributed by atoms with van der Waals surface area (Å²) in [5, 5.41) is 8.94. The maximum Gasteiger partial charge on any atom is 0.338 e. The van der Waals surface area contributed by atoms with Crippen molar-refractivity contribution >= 4 is 38.9 Å². The highest BCUT2D eigenvalue weighted by atomic mass is 32.2. The Morgan fingerprint density at radius 2 is 2.04 bits per heavy atom. The highest BCUT2D eigenvalue weighted by molar-refractivity contribution is 7.94. The molecule has 1 aromatic heterocycles. The lowest BCUT2D eigenvalue weighted by Gasteiger charge is -2.25. The highest BCUT2D eigenvalue weighted by Gasteiger charge is 2.25. The third kappa shape index (κ3) is 3.56. The average Bonchev–Trinajstić information content (AvgIpc) is 3.00. The number of hydrogen-bond acceptors (Lipinski definition) is 5. The van der Waals surface area contributed by atoms with Crippen LogP contribution in [0.3, 0.4) is 0 Å². The number of hydrogen-bond donors (Lipinski definition) is 2. The van der Waals surface area contributed by atoms with Crippen molar-refractivity contribution in [2.45, 2.75) is 24.1 Å². The Balaban J connectivity index is 1.87. The Morgan fingerprint density at radius 1 is 1.31 bits per heavy atom. The third-order valence-corrected chi connectivity index (χ3v) is 7.10. The predicted octanol–water partition coefficient (Wildman–Crippen LogP) is 2.29. The molecule has 2 aromatic rings. The molecule has 1 amide bonds. The number of amides is 1. The van der Waals surface area contributed by atoms with Gasteiger partial charge in [0.05, 0.1) is 5.56 Å². The molecule has 3 rings (SSSR count). The van der Waals surface area contributed by atoms with Gasteiger partial charge >= 0.3 is 5.97 Å². The summed E-state index contributed by atoms with van der Waals surface area (Å²) in [6, 6.07) is 4.50. The number of aromatic carboxylic acids is 1. The van der Waals surface area contributed by atoms with Crippen LogP contribution in [0.5, 0.6) is 0 Å². The van der Waals surface area contributed by atoms with Crippen LogP contribution in [0.15, 0.2) is 28.5 Å². The fraction of sp³-hybridized carbons (Fsp3) is 0.250. The second-order valence-corrected chi connectivity index (χ2v) is 8.86. The lowest BCUT2D eigenvalue weighted by atomic mass is 10.1. The Labute approximate surface area is 153 Å². The second kappa shape index (κ2) is 6.69. The normalized spacial score (nSPS) is 14.0. The van der Waals surface area contributed by atoms with Crippen LogP contribution in [0.25, 0.3) is 0 Å². The molecule has 0 fully saturated rings. The van der Waals surface area contributed by atoms with Gasteiger partial charge in [0.25, 0.3) is 10.0 Å². The van der Waals surface area contributed by atoms with Crippen LogP contribution in [0.4, 0.5) is 10.1 Å². The molecule has 26 heavy (non-hydrogen) atoms. The molecule has 0 saturated carbocycles. The number of thiophene rings is 1. The van der Waals surface area contributed by atoms with E-state index in [0.29, 0.717) is 19.5 Å². The van der Waals surface area contributed by atoms with E-state index in [2.05, 4.69) is 4.72 Å². The van der Waals surface area contributed by atoms with E-state index in [-0.39, 0.29) is 15.8 Å². The van der Waals surface area contributed by atoms with Crippen molar-refractivity contribution in [2.75, 3.05) is 11.3 Å². The molecule has 2 N–H and O–H groups in total. The molecule has 138 valence electrons. The maximum atomic E-state index is 13.4. The van der Waals surface area contributed by atoms with Crippen LogP contribution in [-0.2, 0) is 27.8 Å². The van der Waals surface area contributed by atoms with Gasteiger partial charge in [-0.25, -0.2) is 17.6 Å². The summed E-state index contributed by atoms with van der Waals surface area (Å²) >= 11 is 1.11. The number of carbonyl (C=O) groups excluding carboxylic acids is 1. The highest BCUT2D eigenvalue weighted by Crippen LogP contribution is 2.32. The summed E-state index contributed by atoms with van der Waals surface area (Å²) in [5.41, 5.74) is 0.121. The van der Waals surface area contributed by atoms with Gasteiger partial charge in [-0.15, -0.1) is 11.3 Å². The van der Waals surface area contributed by atoms with Crippen molar-refractivity contribution in [3.05, 3.63) is 46.1 Å². The van der Waals surface area contributed by atoms with Crippen LogP contribution in [0.1, 0.15) is 27.7 Å². The van der Waals surface area contributed by atoms with Crippen molar-refractivity contribution in [1.29, 1.82) is 0 Å². The zero-order chi connectivity index (χ0) is 19.1. The minimum Gasteiger partial charge on any atom is -0.478 e. The minimum absolute atomic E-state index is 0.0412. The quantitative estimate of drug-likeness (QED) is 0.822. The van der Waals surface area contributed by atoms with E-state index in [0.717, 1.165) is 40.0 Å². The molecule has 10 heteroatoms. The first-order valence-corrected chi connectivity index (χ1v) is 9.90. The van der Waals surface area contributed by atoms with E-state index in [9.17, 15) is 22.4 Å². The first-order valence-electron chi connectivity index (χ1n) is 7.60. The van der Waals surface area contributed by atoms with Gasteiger partial charge in [0.2, 0.25) is 5.91 Å². The van der Waals surface area contributed by atoms with Crippen LogP contribution < -0.4 is 4.72 Å². The van der Waals surface area contributed by atoms with Crippen LogP contribution in [0.2, 0.25) is 0 Å². The van der Waals surface area contributed by atoms with Gasteiger partial charge in [-0.1, -0.05) is 0 Å². The van der Waals surface area contributed by atoms with Gasteiger partial charge in [0, 0.05) is 30.6 Å². The molecular formula is C16H15FN2O5S2. The second-order valence-electron chi connectivity index (χ2n) is 5.81. The number of halogens is 1. The molecule has 1 aliphatic rings. The Kier molecular flexibility index (Phi) is 4.72. The number of fused-ring (bicyclic) bond motifs is 1. The van der Waals surface area contributed by atoms with Crippen LogP contribution in [-0.4, -0.2) is 36.8 Å². The van der Waals surface area contributed by atoms with Crippen LogP contribution >= 0.6 is 11.3 Å². The number of carboxylic acid groups (broad SMARTS) is 1. The number of anilines is 1. The molecule has 1 aliphatic heterocycles. The van der Waals surface area contributed by atoms with Gasteiger partial charge in [-0.05, 0) is 36.2 Å². The number of benzene rings is 1. The van der Waals surface area contributed by atoms with Crippen molar-refractivity contribution in [2.24, 2.45) is 0 Å². The van der Waals surface area contributed by atoms with Crippen molar-refractivity contribution in [1.82, 2.24) is 4.90 Å². The van der Waals surface area contributed by atoms with Crippen LogP contribution in [0, 0.1) is 5.82 Å². The monoisotopic (exact) mass is 398 g/mol. The summed E-state index contributed by atoms with van der Waals surface area (Å²) in [6.45, 7) is 2.36. The number of carboxylic acids is 1. The molecule has 0 spiro atoms. The summed E-state index contributed by atoms with van der Waals surface area (Å²) in [6.07, 6.45) is 0.578. The molecule has 7 nitrogen and oxygen atoms in total. The fourth-order valence-corrected chi connectivity index (χ4v) is 5.26. The maximum absolute atomic E-state index is 13.4. The molecule has 1 aromatic carbocycles. The smallest absolute Gasteiger partial charge is 0.338 e. The number of rotatable bonds is 4. The zero-order valence-electron chi connectivity index (χ0n) is 13.7. The SMILES string of the molecule is CC(=O)N1CCc2sc(S(=O)(=O)Nc3ccc(F)c(C(=O)O)c3)cc2C1. The van der Waals surface area contributed by atoms with E-state index in [4.69, 9.17) is 5.11 Å². The van der Waals surface area contributed by atoms with Crippen molar-refractivity contribution < 1.29 is 27.5 Å². The van der Waals surface area contributed by atoms with Crippen molar-refractivity contribution in [3.63, 3.8) is 0 Å². The molecule has 0 atom stereocenters. The minimum atomic E-state index is -3.95.